The Morgan fingerprint density at radius 3 is 2.85 bits per heavy atom. The molecule has 0 spiro atoms. The van der Waals surface area contributed by atoms with Gasteiger partial charge in [-0.2, -0.15) is 0 Å². The predicted molar refractivity (Wildman–Crippen MR) is 57.2 cm³/mol. The van der Waals surface area contributed by atoms with Crippen molar-refractivity contribution >= 4 is 11.3 Å². The maximum absolute atomic E-state index is 5.97. The minimum absolute atomic E-state index is 0.0417. The summed E-state index contributed by atoms with van der Waals surface area (Å²) in [5, 5.41) is 1.99. The normalized spacial score (nSPS) is 12.3. The second kappa shape index (κ2) is 4.44. The summed E-state index contributed by atoms with van der Waals surface area (Å²) in [6.45, 7) is 4.08. The molecule has 2 N–H and O–H groups in total. The van der Waals surface area contributed by atoms with E-state index in [9.17, 15) is 0 Å². The lowest BCUT2D eigenvalue weighted by Gasteiger charge is -2.07. The highest BCUT2D eigenvalue weighted by atomic mass is 32.1. The Kier molecular flexibility index (Phi) is 3.51. The smallest absolute Gasteiger partial charge is 0.134 e. The molecule has 0 saturated carbocycles. The van der Waals surface area contributed by atoms with Crippen LogP contribution in [-0.2, 0) is 0 Å². The van der Waals surface area contributed by atoms with Gasteiger partial charge in [-0.3, -0.25) is 0 Å². The molecule has 72 valence electrons. The highest BCUT2D eigenvalue weighted by molar-refractivity contribution is 7.10. The summed E-state index contributed by atoms with van der Waals surface area (Å²) < 4.78 is 5.19. The molecule has 3 heteroatoms. The summed E-state index contributed by atoms with van der Waals surface area (Å²) in [6.07, 6.45) is 2.04. The predicted octanol–water partition coefficient (Wildman–Crippen LogP) is 2.72. The minimum atomic E-state index is -0.0417. The standard InChI is InChI=1S/C10H15NOS/c1-7(2)6-8(11)10-9(12-3)4-5-13-10/h4-6,8H,11H2,1-3H3. The maximum atomic E-state index is 5.97. The van der Waals surface area contributed by atoms with Crippen molar-refractivity contribution in [1.82, 2.24) is 0 Å². The van der Waals surface area contributed by atoms with Crippen LogP contribution in [-0.4, -0.2) is 7.11 Å². The summed E-state index contributed by atoms with van der Waals surface area (Å²) in [5.41, 5.74) is 7.20. The van der Waals surface area contributed by atoms with Crippen LogP contribution in [0.25, 0.3) is 0 Å². The van der Waals surface area contributed by atoms with E-state index in [4.69, 9.17) is 10.5 Å². The average Bonchev–Trinajstić information content (AvgIpc) is 2.49. The van der Waals surface area contributed by atoms with Gasteiger partial charge in [-0.15, -0.1) is 11.3 Å². The maximum Gasteiger partial charge on any atom is 0.134 e. The van der Waals surface area contributed by atoms with Gasteiger partial charge in [0.1, 0.15) is 5.75 Å². The van der Waals surface area contributed by atoms with Crippen LogP contribution >= 0.6 is 11.3 Å². The number of methoxy groups -OCH3 is 1. The molecule has 0 fully saturated rings. The van der Waals surface area contributed by atoms with E-state index in [0.29, 0.717) is 0 Å². The van der Waals surface area contributed by atoms with Crippen molar-refractivity contribution in [2.45, 2.75) is 19.9 Å². The van der Waals surface area contributed by atoms with E-state index in [1.54, 1.807) is 18.4 Å². The summed E-state index contributed by atoms with van der Waals surface area (Å²) in [4.78, 5) is 1.09. The molecule has 13 heavy (non-hydrogen) atoms. The third-order valence-electron chi connectivity index (χ3n) is 1.69. The highest BCUT2D eigenvalue weighted by Gasteiger charge is 2.10. The van der Waals surface area contributed by atoms with Crippen LogP contribution < -0.4 is 10.5 Å². The number of allylic oxidation sites excluding steroid dienone is 1. The number of nitrogens with two attached hydrogens (primary N) is 1. The molecule has 0 aliphatic rings. The first-order valence-electron chi connectivity index (χ1n) is 4.17. The van der Waals surface area contributed by atoms with Gasteiger partial charge >= 0.3 is 0 Å². The van der Waals surface area contributed by atoms with E-state index >= 15 is 0 Å². The van der Waals surface area contributed by atoms with Gasteiger partial charge in [0.15, 0.2) is 0 Å². The zero-order valence-electron chi connectivity index (χ0n) is 8.20. The first-order chi connectivity index (χ1) is 6.15. The minimum Gasteiger partial charge on any atom is -0.496 e. The van der Waals surface area contributed by atoms with Crippen molar-refractivity contribution in [3.63, 3.8) is 0 Å². The molecule has 0 aliphatic carbocycles. The fraction of sp³-hybridized carbons (Fsp3) is 0.400. The molecule has 0 aliphatic heterocycles. The lowest BCUT2D eigenvalue weighted by atomic mass is 10.2. The Bertz CT molecular complexity index is 300. The summed E-state index contributed by atoms with van der Waals surface area (Å²) in [7, 11) is 1.67. The molecule has 1 aromatic heterocycles. The third kappa shape index (κ3) is 2.57. The van der Waals surface area contributed by atoms with Crippen molar-refractivity contribution < 1.29 is 4.74 Å². The SMILES string of the molecule is COc1ccsc1C(N)C=C(C)C. The molecule has 0 saturated heterocycles. The van der Waals surface area contributed by atoms with Gasteiger partial charge < -0.3 is 10.5 Å². The van der Waals surface area contributed by atoms with Crippen LogP contribution in [0.4, 0.5) is 0 Å². The largest absolute Gasteiger partial charge is 0.496 e. The highest BCUT2D eigenvalue weighted by Crippen LogP contribution is 2.30. The number of rotatable bonds is 3. The molecular weight excluding hydrogens is 182 g/mol. The summed E-state index contributed by atoms with van der Waals surface area (Å²) in [6, 6.07) is 1.90. The summed E-state index contributed by atoms with van der Waals surface area (Å²) >= 11 is 1.63. The first kappa shape index (κ1) is 10.3. The molecule has 1 unspecified atom stereocenters. The second-order valence-corrected chi connectivity index (χ2v) is 4.07. The summed E-state index contributed by atoms with van der Waals surface area (Å²) in [5.74, 6) is 0.884. The number of ether oxygens (including phenoxy) is 1. The fourth-order valence-corrected chi connectivity index (χ4v) is 1.99. The van der Waals surface area contributed by atoms with E-state index in [0.717, 1.165) is 10.6 Å². The fourth-order valence-electron chi connectivity index (χ4n) is 1.16. The molecule has 2 nitrogen and oxygen atoms in total. The van der Waals surface area contributed by atoms with Crippen LogP contribution in [0.2, 0.25) is 0 Å². The lowest BCUT2D eigenvalue weighted by Crippen LogP contribution is -2.06. The topological polar surface area (TPSA) is 35.2 Å². The van der Waals surface area contributed by atoms with E-state index in [1.807, 2.05) is 31.4 Å². The Hall–Kier alpha value is -0.800. The average molecular weight is 197 g/mol. The van der Waals surface area contributed by atoms with Gasteiger partial charge in [0.05, 0.1) is 18.0 Å². The Balaban J connectivity index is 2.88. The first-order valence-corrected chi connectivity index (χ1v) is 5.05. The van der Waals surface area contributed by atoms with Crippen molar-refractivity contribution in [2.75, 3.05) is 7.11 Å². The molecule has 1 aromatic rings. The molecule has 1 rings (SSSR count). The van der Waals surface area contributed by atoms with Gasteiger partial charge in [0.25, 0.3) is 0 Å². The van der Waals surface area contributed by atoms with Crippen molar-refractivity contribution in [3.8, 4) is 5.75 Å². The number of hydrogen-bond donors (Lipinski definition) is 1. The van der Waals surface area contributed by atoms with Gasteiger partial charge in [-0.1, -0.05) is 11.6 Å². The molecule has 1 heterocycles. The van der Waals surface area contributed by atoms with Gasteiger partial charge in [-0.25, -0.2) is 0 Å². The Morgan fingerprint density at radius 2 is 2.31 bits per heavy atom. The van der Waals surface area contributed by atoms with Crippen molar-refractivity contribution in [2.24, 2.45) is 5.73 Å². The Labute approximate surface area is 83.0 Å². The van der Waals surface area contributed by atoms with Crippen LogP contribution in [0.3, 0.4) is 0 Å². The number of thiophene rings is 1. The Morgan fingerprint density at radius 1 is 1.62 bits per heavy atom. The zero-order chi connectivity index (χ0) is 9.84. The van der Waals surface area contributed by atoms with Crippen LogP contribution in [0.1, 0.15) is 24.8 Å². The van der Waals surface area contributed by atoms with Gasteiger partial charge in [-0.05, 0) is 25.3 Å². The molecule has 0 aromatic carbocycles. The van der Waals surface area contributed by atoms with Crippen LogP contribution in [0.5, 0.6) is 5.75 Å². The molecule has 0 amide bonds. The molecule has 1 atom stereocenters. The van der Waals surface area contributed by atoms with Crippen molar-refractivity contribution in [3.05, 3.63) is 28.0 Å². The zero-order valence-corrected chi connectivity index (χ0v) is 9.02. The third-order valence-corrected chi connectivity index (χ3v) is 2.69. The molecule has 0 bridgehead atoms. The van der Waals surface area contributed by atoms with E-state index in [-0.39, 0.29) is 6.04 Å². The van der Waals surface area contributed by atoms with E-state index < -0.39 is 0 Å². The van der Waals surface area contributed by atoms with Crippen LogP contribution in [0, 0.1) is 0 Å². The van der Waals surface area contributed by atoms with Gasteiger partial charge in [0, 0.05) is 0 Å². The second-order valence-electron chi connectivity index (χ2n) is 3.12. The van der Waals surface area contributed by atoms with E-state index in [2.05, 4.69) is 0 Å². The monoisotopic (exact) mass is 197 g/mol. The van der Waals surface area contributed by atoms with E-state index in [1.165, 1.54) is 5.57 Å². The van der Waals surface area contributed by atoms with Crippen molar-refractivity contribution in [1.29, 1.82) is 0 Å². The molecular formula is C10H15NOS. The quantitative estimate of drug-likeness (QED) is 0.756. The lowest BCUT2D eigenvalue weighted by molar-refractivity contribution is 0.411. The van der Waals surface area contributed by atoms with Gasteiger partial charge in [0.2, 0.25) is 0 Å². The van der Waals surface area contributed by atoms with Crippen LogP contribution in [0.15, 0.2) is 23.1 Å². The number of hydrogen-bond acceptors (Lipinski definition) is 3. The molecule has 0 radical (unpaired) electrons.